The lowest BCUT2D eigenvalue weighted by Gasteiger charge is -2.08. The van der Waals surface area contributed by atoms with Crippen molar-refractivity contribution in [3.8, 4) is 0 Å². The molecular formula is C14H16FNO3. The van der Waals surface area contributed by atoms with E-state index >= 15 is 0 Å². The highest BCUT2D eigenvalue weighted by molar-refractivity contribution is 5.87. The predicted molar refractivity (Wildman–Crippen MR) is 67.1 cm³/mol. The highest BCUT2D eigenvalue weighted by Crippen LogP contribution is 2.51. The van der Waals surface area contributed by atoms with Crippen molar-refractivity contribution in [1.29, 1.82) is 0 Å². The summed E-state index contributed by atoms with van der Waals surface area (Å²) in [4.78, 5) is 22.4. The number of halogens is 1. The SMILES string of the molecule is CC1(C)C[C@@H]1C(=O)NCc1ccc(C(=O)O)cc1F. The molecule has 4 nitrogen and oxygen atoms in total. The third kappa shape index (κ3) is 2.92. The van der Waals surface area contributed by atoms with Crippen LogP contribution in [-0.4, -0.2) is 17.0 Å². The van der Waals surface area contributed by atoms with Gasteiger partial charge in [-0.25, -0.2) is 9.18 Å². The van der Waals surface area contributed by atoms with E-state index in [0.717, 1.165) is 12.5 Å². The highest BCUT2D eigenvalue weighted by Gasteiger charge is 2.50. The monoisotopic (exact) mass is 265 g/mol. The molecule has 1 saturated carbocycles. The van der Waals surface area contributed by atoms with E-state index in [1.165, 1.54) is 12.1 Å². The van der Waals surface area contributed by atoms with Gasteiger partial charge in [-0.2, -0.15) is 0 Å². The molecule has 5 heteroatoms. The molecule has 2 rings (SSSR count). The lowest BCUT2D eigenvalue weighted by atomic mass is 10.1. The Morgan fingerprint density at radius 2 is 2.11 bits per heavy atom. The van der Waals surface area contributed by atoms with Crippen molar-refractivity contribution in [2.45, 2.75) is 26.8 Å². The molecule has 1 amide bonds. The average Bonchev–Trinajstić information content (AvgIpc) is 2.96. The number of carbonyl (C=O) groups excluding carboxylic acids is 1. The molecule has 0 spiro atoms. The van der Waals surface area contributed by atoms with E-state index < -0.39 is 11.8 Å². The van der Waals surface area contributed by atoms with Crippen LogP contribution in [-0.2, 0) is 11.3 Å². The molecule has 1 atom stereocenters. The minimum absolute atomic E-state index is 0.00569. The molecule has 0 unspecified atom stereocenters. The van der Waals surface area contributed by atoms with Gasteiger partial charge in [0.05, 0.1) is 5.56 Å². The van der Waals surface area contributed by atoms with Crippen molar-refractivity contribution >= 4 is 11.9 Å². The fourth-order valence-electron chi connectivity index (χ4n) is 2.04. The standard InChI is InChI=1S/C14H16FNO3/c1-14(2)6-10(14)12(17)16-7-9-4-3-8(13(18)19)5-11(9)15/h3-5,10H,6-7H2,1-2H3,(H,16,17)(H,18,19)/t10-/m1/s1. The smallest absolute Gasteiger partial charge is 0.335 e. The summed E-state index contributed by atoms with van der Waals surface area (Å²) in [5.74, 6) is -1.87. The van der Waals surface area contributed by atoms with Gasteiger partial charge >= 0.3 is 5.97 Å². The Morgan fingerprint density at radius 1 is 1.47 bits per heavy atom. The van der Waals surface area contributed by atoms with Crippen molar-refractivity contribution < 1.29 is 19.1 Å². The quantitative estimate of drug-likeness (QED) is 0.877. The molecule has 0 saturated heterocycles. The maximum atomic E-state index is 13.6. The molecule has 1 fully saturated rings. The van der Waals surface area contributed by atoms with E-state index in [-0.39, 0.29) is 34.9 Å². The summed E-state index contributed by atoms with van der Waals surface area (Å²) < 4.78 is 13.6. The molecule has 0 radical (unpaired) electrons. The molecule has 2 N–H and O–H groups in total. The number of hydrogen-bond donors (Lipinski definition) is 2. The van der Waals surface area contributed by atoms with E-state index in [0.29, 0.717) is 0 Å². The zero-order chi connectivity index (χ0) is 14.2. The Bertz CT molecular complexity index is 539. The van der Waals surface area contributed by atoms with Gasteiger partial charge in [-0.1, -0.05) is 19.9 Å². The Hall–Kier alpha value is -1.91. The van der Waals surface area contributed by atoms with E-state index in [4.69, 9.17) is 5.11 Å². The van der Waals surface area contributed by atoms with Crippen LogP contribution in [0.3, 0.4) is 0 Å². The molecule has 19 heavy (non-hydrogen) atoms. The van der Waals surface area contributed by atoms with Crippen LogP contribution in [0.5, 0.6) is 0 Å². The third-order valence-electron chi connectivity index (χ3n) is 3.58. The maximum Gasteiger partial charge on any atom is 0.335 e. The molecule has 0 bridgehead atoms. The van der Waals surface area contributed by atoms with Crippen molar-refractivity contribution in [3.05, 3.63) is 35.1 Å². The molecule has 1 aliphatic rings. The summed E-state index contributed by atoms with van der Waals surface area (Å²) in [6.45, 7) is 4.11. The number of carboxylic acids is 1. The zero-order valence-electron chi connectivity index (χ0n) is 10.9. The Kier molecular flexibility index (Phi) is 3.30. The van der Waals surface area contributed by atoms with Crippen LogP contribution >= 0.6 is 0 Å². The number of aromatic carboxylic acids is 1. The fourth-order valence-corrected chi connectivity index (χ4v) is 2.04. The largest absolute Gasteiger partial charge is 0.478 e. The van der Waals surface area contributed by atoms with Gasteiger partial charge in [0.2, 0.25) is 5.91 Å². The highest BCUT2D eigenvalue weighted by atomic mass is 19.1. The van der Waals surface area contributed by atoms with Gasteiger partial charge in [0.15, 0.2) is 0 Å². The van der Waals surface area contributed by atoms with Crippen LogP contribution in [0.1, 0.15) is 36.2 Å². The second-order valence-electron chi connectivity index (χ2n) is 5.57. The zero-order valence-corrected chi connectivity index (χ0v) is 10.9. The Balaban J connectivity index is 1.97. The van der Waals surface area contributed by atoms with E-state index in [1.54, 1.807) is 0 Å². The van der Waals surface area contributed by atoms with Gasteiger partial charge in [-0.05, 0) is 24.0 Å². The van der Waals surface area contributed by atoms with Crippen molar-refractivity contribution in [2.75, 3.05) is 0 Å². The average molecular weight is 265 g/mol. The van der Waals surface area contributed by atoms with Crippen LogP contribution in [0.25, 0.3) is 0 Å². The minimum Gasteiger partial charge on any atom is -0.478 e. The van der Waals surface area contributed by atoms with Gasteiger partial charge in [0, 0.05) is 18.0 Å². The number of nitrogens with one attached hydrogen (secondary N) is 1. The van der Waals surface area contributed by atoms with Gasteiger partial charge in [-0.15, -0.1) is 0 Å². The minimum atomic E-state index is -1.17. The van der Waals surface area contributed by atoms with E-state index in [2.05, 4.69) is 5.32 Å². The second-order valence-corrected chi connectivity index (χ2v) is 5.57. The molecule has 0 aliphatic heterocycles. The van der Waals surface area contributed by atoms with Crippen LogP contribution in [0.15, 0.2) is 18.2 Å². The van der Waals surface area contributed by atoms with Crippen molar-refractivity contribution in [1.82, 2.24) is 5.32 Å². The predicted octanol–water partition coefficient (Wildman–Crippen LogP) is 2.19. The van der Waals surface area contributed by atoms with Crippen LogP contribution in [0.4, 0.5) is 4.39 Å². The van der Waals surface area contributed by atoms with E-state index in [9.17, 15) is 14.0 Å². The number of carboxylic acid groups (broad SMARTS) is 1. The lowest BCUT2D eigenvalue weighted by Crippen LogP contribution is -2.26. The first kappa shape index (κ1) is 13.5. The topological polar surface area (TPSA) is 66.4 Å². The van der Waals surface area contributed by atoms with Crippen molar-refractivity contribution in [3.63, 3.8) is 0 Å². The molecule has 1 aromatic carbocycles. The summed E-state index contributed by atoms with van der Waals surface area (Å²) in [6, 6.07) is 3.68. The normalized spacial score (nSPS) is 19.8. The number of benzene rings is 1. The molecule has 102 valence electrons. The first-order chi connectivity index (χ1) is 8.81. The molecule has 0 aromatic heterocycles. The molecule has 1 aromatic rings. The van der Waals surface area contributed by atoms with Gasteiger partial charge in [0.1, 0.15) is 5.82 Å². The Morgan fingerprint density at radius 3 is 2.58 bits per heavy atom. The van der Waals surface area contributed by atoms with Crippen LogP contribution in [0, 0.1) is 17.2 Å². The van der Waals surface area contributed by atoms with Crippen molar-refractivity contribution in [2.24, 2.45) is 11.3 Å². The fraction of sp³-hybridized carbons (Fsp3) is 0.429. The number of carbonyl (C=O) groups is 2. The molecular weight excluding hydrogens is 249 g/mol. The van der Waals surface area contributed by atoms with Gasteiger partial charge < -0.3 is 10.4 Å². The first-order valence-electron chi connectivity index (χ1n) is 6.11. The van der Waals surface area contributed by atoms with Gasteiger partial charge in [-0.3, -0.25) is 4.79 Å². The molecule has 1 aliphatic carbocycles. The summed E-state index contributed by atoms with van der Waals surface area (Å²) in [7, 11) is 0. The van der Waals surface area contributed by atoms with Crippen LogP contribution in [0.2, 0.25) is 0 Å². The Labute approximate surface area is 110 Å². The lowest BCUT2D eigenvalue weighted by molar-refractivity contribution is -0.123. The summed E-state index contributed by atoms with van der Waals surface area (Å²) >= 11 is 0. The van der Waals surface area contributed by atoms with Crippen LogP contribution < -0.4 is 5.32 Å². The van der Waals surface area contributed by atoms with Gasteiger partial charge in [0.25, 0.3) is 0 Å². The first-order valence-corrected chi connectivity index (χ1v) is 6.11. The second kappa shape index (κ2) is 4.64. The summed E-state index contributed by atoms with van der Waals surface area (Å²) in [6.07, 6.45) is 0.846. The summed E-state index contributed by atoms with van der Waals surface area (Å²) in [5.41, 5.74) is 0.225. The van der Waals surface area contributed by atoms with E-state index in [1.807, 2.05) is 13.8 Å². The number of amides is 1. The third-order valence-corrected chi connectivity index (χ3v) is 3.58. The molecule has 0 heterocycles. The number of rotatable bonds is 4. The summed E-state index contributed by atoms with van der Waals surface area (Å²) in [5, 5.41) is 11.4. The maximum absolute atomic E-state index is 13.6. The number of hydrogen-bond acceptors (Lipinski definition) is 2.